The Morgan fingerprint density at radius 1 is 0.871 bits per heavy atom. The number of nitrogens with one attached hydrogen (secondary N) is 1. The van der Waals surface area contributed by atoms with Crippen LogP contribution in [0.4, 0.5) is 14.5 Å². The van der Waals surface area contributed by atoms with Gasteiger partial charge in [0.1, 0.15) is 11.6 Å². The minimum atomic E-state index is -3.79. The molecule has 1 N–H and O–H groups in total. The summed E-state index contributed by atoms with van der Waals surface area (Å²) in [5.74, 6) is -2.72. The van der Waals surface area contributed by atoms with E-state index in [1.165, 1.54) is 0 Å². The average Bonchev–Trinajstić information content (AvgIpc) is 2.70. The predicted molar refractivity (Wildman–Crippen MR) is 116 cm³/mol. The van der Waals surface area contributed by atoms with E-state index in [1.54, 1.807) is 0 Å². The minimum Gasteiger partial charge on any atom is -0.293 e. The van der Waals surface area contributed by atoms with Crippen LogP contribution in [-0.2, 0) is 23.1 Å². The maximum absolute atomic E-state index is 14.4. The lowest BCUT2D eigenvalue weighted by Gasteiger charge is -2.22. The zero-order valence-corrected chi connectivity index (χ0v) is 17.7. The van der Waals surface area contributed by atoms with Crippen molar-refractivity contribution in [2.24, 2.45) is 0 Å². The highest BCUT2D eigenvalue weighted by atomic mass is 32.2. The van der Waals surface area contributed by atoms with Crippen molar-refractivity contribution in [3.05, 3.63) is 101 Å². The zero-order chi connectivity index (χ0) is 22.4. The molecular weight excluding hydrogens is 422 g/mol. The predicted octanol–water partition coefficient (Wildman–Crippen LogP) is 4.22. The van der Waals surface area contributed by atoms with Gasteiger partial charge in [0, 0.05) is 19.2 Å². The average molecular weight is 445 g/mol. The van der Waals surface area contributed by atoms with Gasteiger partial charge in [-0.25, -0.2) is 17.2 Å². The second-order valence-corrected chi connectivity index (χ2v) is 8.97. The third-order valence-electron chi connectivity index (χ3n) is 4.52. The van der Waals surface area contributed by atoms with Crippen LogP contribution in [0.1, 0.15) is 21.5 Å². The lowest BCUT2D eigenvalue weighted by Crippen LogP contribution is -2.30. The summed E-state index contributed by atoms with van der Waals surface area (Å²) in [6, 6.07) is 20.5. The molecule has 31 heavy (non-hydrogen) atoms. The van der Waals surface area contributed by atoms with Gasteiger partial charge in [-0.3, -0.25) is 14.4 Å². The molecule has 0 unspecified atom stereocenters. The van der Waals surface area contributed by atoms with E-state index < -0.39 is 33.1 Å². The van der Waals surface area contributed by atoms with Gasteiger partial charge in [0.15, 0.2) is 5.78 Å². The summed E-state index contributed by atoms with van der Waals surface area (Å²) >= 11 is 0. The number of anilines is 1. The third-order valence-corrected chi connectivity index (χ3v) is 5.11. The molecule has 5 nitrogen and oxygen atoms in total. The standard InChI is InChI=1S/C23H22F2N2O3S/c1-31(29,30)26-22-12-19(20(24)13-21(22)25)23(28)16-27(14-17-8-4-2-5-9-17)15-18-10-6-3-7-11-18/h2-13,26H,14-16H2,1H3. The fourth-order valence-electron chi connectivity index (χ4n) is 3.18. The van der Waals surface area contributed by atoms with Gasteiger partial charge >= 0.3 is 0 Å². The van der Waals surface area contributed by atoms with Crippen LogP contribution in [-0.4, -0.2) is 31.9 Å². The normalized spacial score (nSPS) is 11.5. The Morgan fingerprint density at radius 3 is 1.87 bits per heavy atom. The van der Waals surface area contributed by atoms with Crippen LogP contribution in [0.15, 0.2) is 72.8 Å². The summed E-state index contributed by atoms with van der Waals surface area (Å²) in [4.78, 5) is 14.8. The number of ketones is 1. The first-order valence-corrected chi connectivity index (χ1v) is 11.4. The van der Waals surface area contributed by atoms with E-state index >= 15 is 0 Å². The molecule has 0 aliphatic heterocycles. The Labute approximate surface area is 180 Å². The largest absolute Gasteiger partial charge is 0.293 e. The van der Waals surface area contributed by atoms with Crippen LogP contribution in [0, 0.1) is 11.6 Å². The number of benzene rings is 3. The van der Waals surface area contributed by atoms with Crippen LogP contribution in [0.5, 0.6) is 0 Å². The molecule has 0 atom stereocenters. The number of halogens is 2. The molecular formula is C23H22F2N2O3S. The van der Waals surface area contributed by atoms with Crippen LogP contribution >= 0.6 is 0 Å². The maximum Gasteiger partial charge on any atom is 0.229 e. The number of rotatable bonds is 9. The monoisotopic (exact) mass is 444 g/mol. The smallest absolute Gasteiger partial charge is 0.229 e. The molecule has 0 spiro atoms. The van der Waals surface area contributed by atoms with Crippen molar-refractivity contribution >= 4 is 21.5 Å². The molecule has 0 saturated heterocycles. The maximum atomic E-state index is 14.4. The summed E-state index contributed by atoms with van der Waals surface area (Å²) in [6.45, 7) is 0.752. The highest BCUT2D eigenvalue weighted by Gasteiger charge is 2.20. The first kappa shape index (κ1) is 22.6. The molecule has 3 aromatic carbocycles. The number of carbonyl (C=O) groups excluding carboxylic acids is 1. The first-order valence-electron chi connectivity index (χ1n) is 9.51. The fraction of sp³-hybridized carbons (Fsp3) is 0.174. The number of Topliss-reactive ketones (excluding diaryl/α,β-unsaturated/α-hetero) is 1. The van der Waals surface area contributed by atoms with E-state index in [4.69, 9.17) is 0 Å². The molecule has 8 heteroatoms. The van der Waals surface area contributed by atoms with Crippen LogP contribution in [0.2, 0.25) is 0 Å². The fourth-order valence-corrected chi connectivity index (χ4v) is 3.74. The Kier molecular flexibility index (Phi) is 7.14. The molecule has 0 amide bonds. The van der Waals surface area contributed by atoms with Crippen molar-refractivity contribution in [3.8, 4) is 0 Å². The lowest BCUT2D eigenvalue weighted by atomic mass is 10.1. The van der Waals surface area contributed by atoms with Crippen LogP contribution < -0.4 is 4.72 Å². The Balaban J connectivity index is 1.86. The summed E-state index contributed by atoms with van der Waals surface area (Å²) < 4.78 is 53.2. The van der Waals surface area contributed by atoms with Gasteiger partial charge < -0.3 is 0 Å². The summed E-state index contributed by atoms with van der Waals surface area (Å²) in [7, 11) is -3.79. The number of sulfonamides is 1. The second-order valence-electron chi connectivity index (χ2n) is 7.23. The van der Waals surface area contributed by atoms with Crippen LogP contribution in [0.3, 0.4) is 0 Å². The molecule has 3 aromatic rings. The third kappa shape index (κ3) is 6.70. The highest BCUT2D eigenvalue weighted by molar-refractivity contribution is 7.92. The summed E-state index contributed by atoms with van der Waals surface area (Å²) in [6.07, 6.45) is 0.846. The number of hydrogen-bond acceptors (Lipinski definition) is 4. The van der Waals surface area contributed by atoms with Crippen molar-refractivity contribution < 1.29 is 22.0 Å². The van der Waals surface area contributed by atoms with Crippen molar-refractivity contribution in [1.82, 2.24) is 4.90 Å². The van der Waals surface area contributed by atoms with Crippen molar-refractivity contribution in [2.45, 2.75) is 13.1 Å². The van der Waals surface area contributed by atoms with Gasteiger partial charge in [0.05, 0.1) is 24.1 Å². The highest BCUT2D eigenvalue weighted by Crippen LogP contribution is 2.22. The molecule has 0 heterocycles. The Bertz CT molecular complexity index is 1110. The molecule has 0 aromatic heterocycles. The second kappa shape index (κ2) is 9.80. The molecule has 0 fully saturated rings. The molecule has 162 valence electrons. The molecule has 0 aliphatic carbocycles. The SMILES string of the molecule is CS(=O)(=O)Nc1cc(C(=O)CN(Cc2ccccc2)Cc2ccccc2)c(F)cc1F. The van der Waals surface area contributed by atoms with E-state index in [0.717, 1.165) is 23.4 Å². The Hall–Kier alpha value is -3.10. The van der Waals surface area contributed by atoms with Gasteiger partial charge in [-0.1, -0.05) is 60.7 Å². The Morgan fingerprint density at radius 2 is 1.39 bits per heavy atom. The molecule has 0 aliphatic rings. The summed E-state index contributed by atoms with van der Waals surface area (Å²) in [5, 5.41) is 0. The lowest BCUT2D eigenvalue weighted by molar-refractivity contribution is 0.0916. The molecule has 0 radical (unpaired) electrons. The van der Waals surface area contributed by atoms with E-state index in [-0.39, 0.29) is 12.1 Å². The molecule has 0 bridgehead atoms. The van der Waals surface area contributed by atoms with Gasteiger partial charge in [0.25, 0.3) is 0 Å². The number of carbonyl (C=O) groups is 1. The quantitative estimate of drug-likeness (QED) is 0.502. The topological polar surface area (TPSA) is 66.5 Å². The van der Waals surface area contributed by atoms with E-state index in [0.29, 0.717) is 19.2 Å². The summed E-state index contributed by atoms with van der Waals surface area (Å²) in [5.41, 5.74) is 1.11. The van der Waals surface area contributed by atoms with E-state index in [9.17, 15) is 22.0 Å². The minimum absolute atomic E-state index is 0.134. The van der Waals surface area contributed by atoms with Crippen molar-refractivity contribution in [3.63, 3.8) is 0 Å². The van der Waals surface area contributed by atoms with E-state index in [1.807, 2.05) is 70.3 Å². The zero-order valence-electron chi connectivity index (χ0n) is 16.9. The van der Waals surface area contributed by atoms with Gasteiger partial charge in [-0.2, -0.15) is 0 Å². The first-order chi connectivity index (χ1) is 14.7. The van der Waals surface area contributed by atoms with E-state index in [2.05, 4.69) is 0 Å². The molecule has 0 saturated carbocycles. The van der Waals surface area contributed by atoms with Gasteiger partial charge in [0.2, 0.25) is 10.0 Å². The number of hydrogen-bond donors (Lipinski definition) is 1. The number of nitrogens with zero attached hydrogens (tertiary/aromatic N) is 1. The van der Waals surface area contributed by atoms with Crippen LogP contribution in [0.25, 0.3) is 0 Å². The van der Waals surface area contributed by atoms with Gasteiger partial charge in [-0.05, 0) is 17.2 Å². The van der Waals surface area contributed by atoms with Gasteiger partial charge in [-0.15, -0.1) is 0 Å². The van der Waals surface area contributed by atoms with Crippen molar-refractivity contribution in [1.29, 1.82) is 0 Å². The van der Waals surface area contributed by atoms with Crippen molar-refractivity contribution in [2.75, 3.05) is 17.5 Å². The molecule has 3 rings (SSSR count).